The first-order valence-corrected chi connectivity index (χ1v) is 6.69. The van der Waals surface area contributed by atoms with Crippen LogP contribution in [-0.2, 0) is 0 Å². The van der Waals surface area contributed by atoms with Crippen molar-refractivity contribution in [1.29, 1.82) is 0 Å². The fraction of sp³-hybridized carbons (Fsp3) is 0.312. The van der Waals surface area contributed by atoms with Gasteiger partial charge in [0.15, 0.2) is 0 Å². The van der Waals surface area contributed by atoms with Gasteiger partial charge in [0.05, 0.1) is 0 Å². The predicted molar refractivity (Wildman–Crippen MR) is 79.2 cm³/mol. The molecule has 0 aromatic heterocycles. The molecule has 0 spiro atoms. The highest BCUT2D eigenvalue weighted by Crippen LogP contribution is 2.15. The van der Waals surface area contributed by atoms with Crippen LogP contribution in [0.5, 0.6) is 0 Å². The van der Waals surface area contributed by atoms with Crippen molar-refractivity contribution >= 4 is 16.7 Å². The molecule has 0 aliphatic rings. The molecule has 2 rings (SSSR count). The topological polar surface area (TPSA) is 55.1 Å². The molecule has 0 bridgehead atoms. The van der Waals surface area contributed by atoms with Crippen LogP contribution in [0.4, 0.5) is 0 Å². The smallest absolute Gasteiger partial charge is 0.251 e. The van der Waals surface area contributed by atoms with Crippen LogP contribution in [0.2, 0.25) is 0 Å². The standard InChI is InChI=1S/C16H20N2O/c1-12(17)5-4-10-18-16(19)15-9-8-13-6-2-3-7-14(13)11-15/h2-3,6-9,11-12H,4-5,10,17H2,1H3,(H,18,19). The first-order chi connectivity index (χ1) is 9.16. The minimum Gasteiger partial charge on any atom is -0.352 e. The fourth-order valence-corrected chi connectivity index (χ4v) is 2.06. The molecule has 0 saturated heterocycles. The van der Waals surface area contributed by atoms with Gasteiger partial charge in [-0.3, -0.25) is 4.79 Å². The third kappa shape index (κ3) is 3.80. The van der Waals surface area contributed by atoms with E-state index in [1.807, 2.05) is 49.4 Å². The summed E-state index contributed by atoms with van der Waals surface area (Å²) in [6.45, 7) is 2.65. The van der Waals surface area contributed by atoms with E-state index in [0.29, 0.717) is 12.1 Å². The van der Waals surface area contributed by atoms with Gasteiger partial charge in [-0.15, -0.1) is 0 Å². The third-order valence-electron chi connectivity index (χ3n) is 3.13. The molecule has 1 unspecified atom stereocenters. The number of amides is 1. The molecule has 2 aromatic rings. The number of benzene rings is 2. The molecule has 0 radical (unpaired) electrons. The number of carbonyl (C=O) groups excluding carboxylic acids is 1. The average molecular weight is 256 g/mol. The zero-order valence-corrected chi connectivity index (χ0v) is 11.2. The van der Waals surface area contributed by atoms with Gasteiger partial charge in [0.2, 0.25) is 0 Å². The van der Waals surface area contributed by atoms with E-state index < -0.39 is 0 Å². The zero-order valence-electron chi connectivity index (χ0n) is 11.2. The summed E-state index contributed by atoms with van der Waals surface area (Å²) in [7, 11) is 0. The van der Waals surface area contributed by atoms with Gasteiger partial charge in [-0.05, 0) is 42.7 Å². The number of nitrogens with one attached hydrogen (secondary N) is 1. The second-order valence-corrected chi connectivity index (χ2v) is 4.94. The number of nitrogens with two attached hydrogens (primary N) is 1. The molecule has 0 aliphatic heterocycles. The maximum atomic E-state index is 12.0. The third-order valence-corrected chi connectivity index (χ3v) is 3.13. The molecule has 2 aromatic carbocycles. The summed E-state index contributed by atoms with van der Waals surface area (Å²) in [4.78, 5) is 12.0. The summed E-state index contributed by atoms with van der Waals surface area (Å²) in [5.41, 5.74) is 6.38. The highest BCUT2D eigenvalue weighted by molar-refractivity contribution is 5.98. The van der Waals surface area contributed by atoms with Crippen molar-refractivity contribution in [3.8, 4) is 0 Å². The largest absolute Gasteiger partial charge is 0.352 e. The van der Waals surface area contributed by atoms with Gasteiger partial charge in [-0.2, -0.15) is 0 Å². The van der Waals surface area contributed by atoms with Crippen LogP contribution in [0, 0.1) is 0 Å². The van der Waals surface area contributed by atoms with Gasteiger partial charge in [0.25, 0.3) is 5.91 Å². The summed E-state index contributed by atoms with van der Waals surface area (Å²) >= 11 is 0. The minimum absolute atomic E-state index is 0.0181. The monoisotopic (exact) mass is 256 g/mol. The number of fused-ring (bicyclic) bond motifs is 1. The lowest BCUT2D eigenvalue weighted by Crippen LogP contribution is -2.26. The molecule has 3 heteroatoms. The molecule has 0 heterocycles. The minimum atomic E-state index is -0.0181. The van der Waals surface area contributed by atoms with Crippen molar-refractivity contribution in [1.82, 2.24) is 5.32 Å². The Morgan fingerprint density at radius 1 is 1.21 bits per heavy atom. The molecule has 19 heavy (non-hydrogen) atoms. The molecule has 3 nitrogen and oxygen atoms in total. The van der Waals surface area contributed by atoms with Crippen molar-refractivity contribution < 1.29 is 4.79 Å². The maximum Gasteiger partial charge on any atom is 0.251 e. The van der Waals surface area contributed by atoms with Crippen LogP contribution in [0.15, 0.2) is 42.5 Å². The maximum absolute atomic E-state index is 12.0. The zero-order chi connectivity index (χ0) is 13.7. The van der Waals surface area contributed by atoms with Crippen LogP contribution in [0.3, 0.4) is 0 Å². The number of hydrogen-bond donors (Lipinski definition) is 2. The van der Waals surface area contributed by atoms with Crippen LogP contribution in [0.25, 0.3) is 10.8 Å². The van der Waals surface area contributed by atoms with Gasteiger partial charge in [-0.25, -0.2) is 0 Å². The van der Waals surface area contributed by atoms with E-state index in [1.165, 1.54) is 0 Å². The Labute approximate surface area is 113 Å². The Balaban J connectivity index is 1.97. The van der Waals surface area contributed by atoms with Gasteiger partial charge >= 0.3 is 0 Å². The Morgan fingerprint density at radius 2 is 1.95 bits per heavy atom. The molecular weight excluding hydrogens is 236 g/mol. The molecule has 1 atom stereocenters. The van der Waals surface area contributed by atoms with Crippen LogP contribution >= 0.6 is 0 Å². The first-order valence-electron chi connectivity index (χ1n) is 6.69. The van der Waals surface area contributed by atoms with E-state index in [9.17, 15) is 4.79 Å². The summed E-state index contributed by atoms with van der Waals surface area (Å²) in [6, 6.07) is 14.0. The van der Waals surface area contributed by atoms with Gasteiger partial charge in [-0.1, -0.05) is 30.3 Å². The fourth-order valence-electron chi connectivity index (χ4n) is 2.06. The highest BCUT2D eigenvalue weighted by atomic mass is 16.1. The van der Waals surface area contributed by atoms with E-state index in [-0.39, 0.29) is 11.9 Å². The van der Waals surface area contributed by atoms with Crippen LogP contribution in [-0.4, -0.2) is 18.5 Å². The van der Waals surface area contributed by atoms with Crippen molar-refractivity contribution in [3.05, 3.63) is 48.0 Å². The number of carbonyl (C=O) groups is 1. The summed E-state index contributed by atoms with van der Waals surface area (Å²) in [5.74, 6) is -0.0181. The van der Waals surface area contributed by atoms with E-state index in [4.69, 9.17) is 5.73 Å². The van der Waals surface area contributed by atoms with Crippen LogP contribution < -0.4 is 11.1 Å². The van der Waals surface area contributed by atoms with Crippen LogP contribution in [0.1, 0.15) is 30.1 Å². The van der Waals surface area contributed by atoms with Gasteiger partial charge in [0.1, 0.15) is 0 Å². The molecule has 3 N–H and O–H groups in total. The van der Waals surface area contributed by atoms with E-state index >= 15 is 0 Å². The normalized spacial score (nSPS) is 12.3. The summed E-state index contributed by atoms with van der Waals surface area (Å²) < 4.78 is 0. The predicted octanol–water partition coefficient (Wildman–Crippen LogP) is 2.70. The van der Waals surface area contributed by atoms with Gasteiger partial charge in [0, 0.05) is 18.2 Å². The number of hydrogen-bond acceptors (Lipinski definition) is 2. The van der Waals surface area contributed by atoms with Crippen molar-refractivity contribution in [2.75, 3.05) is 6.54 Å². The molecular formula is C16H20N2O. The number of rotatable bonds is 5. The summed E-state index contributed by atoms with van der Waals surface area (Å²) in [5, 5.41) is 5.16. The Hall–Kier alpha value is -1.87. The molecule has 1 amide bonds. The Morgan fingerprint density at radius 3 is 2.68 bits per heavy atom. The van der Waals surface area contributed by atoms with E-state index in [1.54, 1.807) is 0 Å². The van der Waals surface area contributed by atoms with Gasteiger partial charge < -0.3 is 11.1 Å². The van der Waals surface area contributed by atoms with E-state index in [0.717, 1.165) is 23.6 Å². The second kappa shape index (κ2) is 6.34. The Bertz CT molecular complexity index is 563. The highest BCUT2D eigenvalue weighted by Gasteiger charge is 2.05. The lowest BCUT2D eigenvalue weighted by atomic mass is 10.1. The van der Waals surface area contributed by atoms with Crippen molar-refractivity contribution in [3.63, 3.8) is 0 Å². The lowest BCUT2D eigenvalue weighted by molar-refractivity contribution is 0.0953. The molecule has 0 aliphatic carbocycles. The summed E-state index contributed by atoms with van der Waals surface area (Å²) in [6.07, 6.45) is 1.84. The van der Waals surface area contributed by atoms with E-state index in [2.05, 4.69) is 5.32 Å². The Kier molecular flexibility index (Phi) is 4.53. The van der Waals surface area contributed by atoms with Crippen molar-refractivity contribution in [2.45, 2.75) is 25.8 Å². The first kappa shape index (κ1) is 13.6. The second-order valence-electron chi connectivity index (χ2n) is 4.94. The lowest BCUT2D eigenvalue weighted by Gasteiger charge is -2.07. The average Bonchev–Trinajstić information content (AvgIpc) is 2.42. The molecule has 0 fully saturated rings. The quantitative estimate of drug-likeness (QED) is 0.808. The molecule has 100 valence electrons. The van der Waals surface area contributed by atoms with Crippen molar-refractivity contribution in [2.24, 2.45) is 5.73 Å². The molecule has 0 saturated carbocycles. The SMILES string of the molecule is CC(N)CCCNC(=O)c1ccc2ccccc2c1.